The molecule has 2 atom stereocenters. The Bertz CT molecular complexity index is 2810. The first-order chi connectivity index (χ1) is 35.2. The van der Waals surface area contributed by atoms with Gasteiger partial charge in [0.15, 0.2) is 11.6 Å². The second-order valence-corrected chi connectivity index (χ2v) is 18.9. The molecule has 72 heavy (non-hydrogen) atoms. The van der Waals surface area contributed by atoms with E-state index in [-0.39, 0.29) is 12.1 Å². The number of tetrazole rings is 2. The zero-order valence-electron chi connectivity index (χ0n) is 42.5. The molecule has 0 N–H and O–H groups in total. The van der Waals surface area contributed by atoms with Crippen LogP contribution >= 0.6 is 0 Å². The zero-order chi connectivity index (χ0) is 49.8. The van der Waals surface area contributed by atoms with Crippen molar-refractivity contribution in [2.24, 2.45) is 0 Å². The highest BCUT2D eigenvalue weighted by Gasteiger charge is 2.34. The smallest absolute Gasteiger partial charge is 0.179 e. The summed E-state index contributed by atoms with van der Waals surface area (Å²) in [5.74, 6) is 1.62. The largest absolute Gasteiger partial charge is 0.297 e. The summed E-state index contributed by atoms with van der Waals surface area (Å²) in [4.78, 5) is 19.7. The highest BCUT2D eigenvalue weighted by Crippen LogP contribution is 2.32. The van der Waals surface area contributed by atoms with Crippen molar-refractivity contribution < 1.29 is 0 Å². The molecule has 0 bridgehead atoms. The Morgan fingerprint density at radius 1 is 0.417 bits per heavy atom. The Balaban J connectivity index is 0.000000178. The second-order valence-electron chi connectivity index (χ2n) is 18.9. The Labute approximate surface area is 424 Å². The summed E-state index contributed by atoms with van der Waals surface area (Å²) in [5, 5.41) is 26.2. The van der Waals surface area contributed by atoms with Crippen LogP contribution in [0.15, 0.2) is 146 Å². The SMILES string of the molecule is Cc1cccc([C@@H](c2nnnn2-c2c(C)cccc2C)N2CCN(C/C=C/c3ccccc3)CC2)n1.Cc1cccc([C@H](c2nnnn2-c2c(C)cccc2C)N2CCN(C/C=C/c3ccccc3)CC2)n1. The lowest BCUT2D eigenvalue weighted by Crippen LogP contribution is -2.48. The standard InChI is InChI=1S/2C29H33N7/c2*1-22-10-7-11-23(2)27(22)36-29(31-32-33-36)28(26-16-8-12-24(3)30-26)35-20-18-34(19-21-35)17-9-15-25-13-5-4-6-14-25/h2*4-16,28H,17-21H2,1-3H3/b2*15-9+/t2*28-/m10/s1. The fourth-order valence-corrected chi connectivity index (χ4v) is 9.94. The number of rotatable bonds is 14. The van der Waals surface area contributed by atoms with Crippen LogP contribution in [0.3, 0.4) is 0 Å². The Hall–Kier alpha value is -7.36. The molecular weight excluding hydrogens is 893 g/mol. The molecule has 0 saturated carbocycles. The maximum atomic E-state index is 4.91. The average Bonchev–Trinajstić information content (AvgIpc) is 4.06. The zero-order valence-corrected chi connectivity index (χ0v) is 42.5. The third-order valence-corrected chi connectivity index (χ3v) is 13.7. The average molecular weight is 959 g/mol. The molecule has 2 aliphatic heterocycles. The minimum atomic E-state index is -0.124. The number of para-hydroxylation sites is 2. The van der Waals surface area contributed by atoms with Gasteiger partial charge in [-0.1, -0.05) is 133 Å². The third kappa shape index (κ3) is 12.0. The van der Waals surface area contributed by atoms with Crippen molar-refractivity contribution >= 4 is 12.2 Å². The molecule has 2 saturated heterocycles. The van der Waals surface area contributed by atoms with E-state index in [4.69, 9.17) is 9.97 Å². The van der Waals surface area contributed by atoms with Crippen LogP contribution in [0.1, 0.15) is 79.9 Å². The molecule has 2 fully saturated rings. The lowest BCUT2D eigenvalue weighted by Gasteiger charge is -2.38. The van der Waals surface area contributed by atoms with Gasteiger partial charge in [-0.3, -0.25) is 29.6 Å². The Morgan fingerprint density at radius 2 is 0.778 bits per heavy atom. The molecule has 0 spiro atoms. The van der Waals surface area contributed by atoms with Crippen molar-refractivity contribution in [3.05, 3.63) is 213 Å². The number of nitrogens with zero attached hydrogens (tertiary/aromatic N) is 14. The van der Waals surface area contributed by atoms with Crippen molar-refractivity contribution in [2.75, 3.05) is 65.4 Å². The monoisotopic (exact) mass is 959 g/mol. The van der Waals surface area contributed by atoms with Gasteiger partial charge in [0.25, 0.3) is 0 Å². The van der Waals surface area contributed by atoms with Gasteiger partial charge in [0.05, 0.1) is 22.8 Å². The Morgan fingerprint density at radius 3 is 1.14 bits per heavy atom. The van der Waals surface area contributed by atoms with Crippen molar-refractivity contribution in [3.63, 3.8) is 0 Å². The molecule has 6 heterocycles. The highest BCUT2D eigenvalue weighted by molar-refractivity contribution is 5.50. The topological polar surface area (TPSA) is 126 Å². The van der Waals surface area contributed by atoms with Crippen LogP contribution in [0.4, 0.5) is 0 Å². The number of hydrogen-bond donors (Lipinski definition) is 0. The molecule has 8 aromatic rings. The first kappa shape index (κ1) is 49.6. The number of hydrogen-bond acceptors (Lipinski definition) is 12. The van der Waals surface area contributed by atoms with Crippen LogP contribution in [0.25, 0.3) is 23.5 Å². The first-order valence-electron chi connectivity index (χ1n) is 25.1. The lowest BCUT2D eigenvalue weighted by molar-refractivity contribution is 0.112. The van der Waals surface area contributed by atoms with E-state index in [1.165, 1.54) is 11.1 Å². The van der Waals surface area contributed by atoms with Gasteiger partial charge in [-0.05, 0) is 120 Å². The number of pyridine rings is 2. The molecule has 4 aromatic heterocycles. The molecule has 0 amide bonds. The summed E-state index contributed by atoms with van der Waals surface area (Å²) >= 11 is 0. The van der Waals surface area contributed by atoms with Gasteiger partial charge < -0.3 is 0 Å². The highest BCUT2D eigenvalue weighted by atomic mass is 15.6. The van der Waals surface area contributed by atoms with Crippen LogP contribution < -0.4 is 0 Å². The summed E-state index contributed by atoms with van der Waals surface area (Å²) < 4.78 is 3.82. The number of piperazine rings is 2. The number of aromatic nitrogens is 10. The maximum absolute atomic E-state index is 4.91. The lowest BCUT2D eigenvalue weighted by atomic mass is 10.1. The van der Waals surface area contributed by atoms with E-state index in [0.29, 0.717) is 0 Å². The van der Waals surface area contributed by atoms with Crippen LogP contribution in [0.5, 0.6) is 0 Å². The van der Waals surface area contributed by atoms with Gasteiger partial charge in [0, 0.05) is 76.8 Å². The van der Waals surface area contributed by atoms with Gasteiger partial charge in [-0.15, -0.1) is 10.2 Å². The molecule has 0 aliphatic carbocycles. The van der Waals surface area contributed by atoms with Crippen molar-refractivity contribution in [1.82, 2.24) is 70.0 Å². The Kier molecular flexibility index (Phi) is 16.3. The van der Waals surface area contributed by atoms with E-state index >= 15 is 0 Å². The predicted octanol–water partition coefficient (Wildman–Crippen LogP) is 8.81. The fourth-order valence-electron chi connectivity index (χ4n) is 9.94. The van der Waals surface area contributed by atoms with Crippen molar-refractivity contribution in [1.29, 1.82) is 0 Å². The van der Waals surface area contributed by atoms with E-state index in [0.717, 1.165) is 134 Å². The molecule has 368 valence electrons. The summed E-state index contributed by atoms with van der Waals surface area (Å²) in [6, 6.07) is 45.6. The van der Waals surface area contributed by atoms with Gasteiger partial charge in [0.2, 0.25) is 0 Å². The quantitative estimate of drug-likeness (QED) is 0.103. The molecule has 14 nitrogen and oxygen atoms in total. The van der Waals surface area contributed by atoms with Gasteiger partial charge in [0.1, 0.15) is 12.1 Å². The van der Waals surface area contributed by atoms with E-state index in [1.54, 1.807) is 0 Å². The molecular formula is C58H66N14. The van der Waals surface area contributed by atoms with Crippen LogP contribution in [-0.4, -0.2) is 135 Å². The predicted molar refractivity (Wildman–Crippen MR) is 286 cm³/mol. The van der Waals surface area contributed by atoms with Crippen molar-refractivity contribution in [3.8, 4) is 11.4 Å². The normalized spacial score (nSPS) is 16.0. The van der Waals surface area contributed by atoms with Gasteiger partial charge in [-0.2, -0.15) is 9.36 Å². The van der Waals surface area contributed by atoms with E-state index in [2.05, 4.69) is 212 Å². The summed E-state index contributed by atoms with van der Waals surface area (Å²) in [6.45, 7) is 22.0. The minimum absolute atomic E-state index is 0.124. The molecule has 10 rings (SSSR count). The van der Waals surface area contributed by atoms with Gasteiger partial charge >= 0.3 is 0 Å². The summed E-state index contributed by atoms with van der Waals surface area (Å²) in [7, 11) is 0. The molecule has 0 unspecified atom stereocenters. The number of benzene rings is 4. The van der Waals surface area contributed by atoms with E-state index in [1.807, 2.05) is 47.5 Å². The van der Waals surface area contributed by atoms with Crippen LogP contribution in [0, 0.1) is 41.5 Å². The molecule has 0 radical (unpaired) electrons. The molecule has 2 aliphatic rings. The second kappa shape index (κ2) is 23.7. The number of aryl methyl sites for hydroxylation is 6. The van der Waals surface area contributed by atoms with Crippen LogP contribution in [-0.2, 0) is 0 Å². The molecule has 4 aromatic carbocycles. The van der Waals surface area contributed by atoms with Crippen LogP contribution in [0.2, 0.25) is 0 Å². The maximum Gasteiger partial charge on any atom is 0.179 e. The third-order valence-electron chi connectivity index (χ3n) is 13.7. The van der Waals surface area contributed by atoms with E-state index in [9.17, 15) is 0 Å². The van der Waals surface area contributed by atoms with E-state index < -0.39 is 0 Å². The summed E-state index contributed by atoms with van der Waals surface area (Å²) in [5.41, 5.74) is 13.1. The summed E-state index contributed by atoms with van der Waals surface area (Å²) in [6.07, 6.45) is 8.91. The first-order valence-corrected chi connectivity index (χ1v) is 25.1. The minimum Gasteiger partial charge on any atom is -0.297 e. The molecule has 14 heteroatoms. The van der Waals surface area contributed by atoms with Crippen molar-refractivity contribution in [2.45, 2.75) is 53.6 Å². The fraction of sp³-hybridized carbons (Fsp3) is 0.310. The van der Waals surface area contributed by atoms with Gasteiger partial charge in [-0.25, -0.2) is 0 Å².